The first-order chi connectivity index (χ1) is 14.1. The van der Waals surface area contributed by atoms with E-state index in [0.717, 1.165) is 28.6 Å². The van der Waals surface area contributed by atoms with Gasteiger partial charge in [-0.15, -0.1) is 0 Å². The van der Waals surface area contributed by atoms with Gasteiger partial charge in [0.05, 0.1) is 4.92 Å². The molecule has 2 N–H and O–H groups in total. The molecule has 2 aromatic carbocycles. The molecule has 0 atom stereocenters. The van der Waals surface area contributed by atoms with Gasteiger partial charge in [0.15, 0.2) is 4.90 Å². The van der Waals surface area contributed by atoms with E-state index in [4.69, 9.17) is 5.73 Å². The molecule has 1 fully saturated rings. The largest absolute Gasteiger partial charge is 0.366 e. The van der Waals surface area contributed by atoms with Crippen molar-refractivity contribution in [3.05, 3.63) is 69.3 Å². The van der Waals surface area contributed by atoms with Gasteiger partial charge >= 0.3 is 0 Å². The van der Waals surface area contributed by atoms with Crippen molar-refractivity contribution in [2.24, 2.45) is 5.73 Å². The van der Waals surface area contributed by atoms with Crippen LogP contribution in [0.3, 0.4) is 0 Å². The minimum atomic E-state index is -4.36. The zero-order valence-corrected chi connectivity index (χ0v) is 16.4. The zero-order chi connectivity index (χ0) is 22.1. The number of amides is 1. The second kappa shape index (κ2) is 8.42. The van der Waals surface area contributed by atoms with Crippen molar-refractivity contribution < 1.29 is 26.9 Å². The summed E-state index contributed by atoms with van der Waals surface area (Å²) in [5, 5.41) is 11.3. The highest BCUT2D eigenvalue weighted by Gasteiger charge is 2.33. The van der Waals surface area contributed by atoms with E-state index in [-0.39, 0.29) is 44.0 Å². The summed E-state index contributed by atoms with van der Waals surface area (Å²) in [6, 6.07) is 6.74. The van der Waals surface area contributed by atoms with Crippen LogP contribution in [-0.4, -0.2) is 54.6 Å². The van der Waals surface area contributed by atoms with E-state index in [9.17, 15) is 32.1 Å². The molecule has 0 saturated carbocycles. The number of nitro benzene ring substituents is 1. The lowest BCUT2D eigenvalue weighted by Crippen LogP contribution is -2.48. The van der Waals surface area contributed by atoms with E-state index >= 15 is 0 Å². The maximum Gasteiger partial charge on any atom is 0.274 e. The molecule has 1 saturated heterocycles. The minimum absolute atomic E-state index is 0.00766. The molecule has 0 aliphatic carbocycles. The number of rotatable bonds is 6. The second-order valence-corrected chi connectivity index (χ2v) is 8.57. The highest BCUT2D eigenvalue weighted by molar-refractivity contribution is 7.89. The summed E-state index contributed by atoms with van der Waals surface area (Å²) in [6.45, 7) is 0.456. The fourth-order valence-corrected chi connectivity index (χ4v) is 4.78. The topological polar surface area (TPSA) is 127 Å². The highest BCUT2D eigenvalue weighted by Crippen LogP contribution is 2.26. The van der Waals surface area contributed by atoms with Gasteiger partial charge in [0.25, 0.3) is 5.69 Å². The number of benzene rings is 2. The molecule has 9 nitrogen and oxygen atoms in total. The van der Waals surface area contributed by atoms with E-state index in [2.05, 4.69) is 0 Å². The Hall–Kier alpha value is -2.96. The van der Waals surface area contributed by atoms with Crippen LogP contribution >= 0.6 is 0 Å². The van der Waals surface area contributed by atoms with Crippen LogP contribution in [0.4, 0.5) is 14.5 Å². The number of nitrogens with two attached hydrogens (primary N) is 1. The number of piperazine rings is 1. The van der Waals surface area contributed by atoms with Crippen LogP contribution in [-0.2, 0) is 16.6 Å². The Kier molecular flexibility index (Phi) is 6.10. The van der Waals surface area contributed by atoms with Gasteiger partial charge in [-0.1, -0.05) is 12.1 Å². The molecular weight excluding hydrogens is 422 g/mol. The van der Waals surface area contributed by atoms with E-state index in [0.29, 0.717) is 5.56 Å². The maximum absolute atomic E-state index is 13.9. The summed E-state index contributed by atoms with van der Waals surface area (Å²) < 4.78 is 54.1. The Morgan fingerprint density at radius 3 is 2.23 bits per heavy atom. The highest BCUT2D eigenvalue weighted by atomic mass is 32.2. The summed E-state index contributed by atoms with van der Waals surface area (Å²) in [6.07, 6.45) is 0. The van der Waals surface area contributed by atoms with Crippen molar-refractivity contribution in [2.45, 2.75) is 11.4 Å². The first kappa shape index (κ1) is 21.7. The summed E-state index contributed by atoms with van der Waals surface area (Å²) in [4.78, 5) is 22.7. The van der Waals surface area contributed by atoms with Crippen molar-refractivity contribution in [1.82, 2.24) is 9.21 Å². The number of nitro groups is 1. The number of sulfonamides is 1. The summed E-state index contributed by atoms with van der Waals surface area (Å²) in [5.74, 6) is -3.12. The van der Waals surface area contributed by atoms with Crippen LogP contribution in [0.5, 0.6) is 0 Å². The van der Waals surface area contributed by atoms with E-state index in [1.165, 1.54) is 12.1 Å². The third-order valence-corrected chi connectivity index (χ3v) is 6.76. The molecule has 1 amide bonds. The number of hydrogen-bond acceptors (Lipinski definition) is 6. The third-order valence-electron chi connectivity index (χ3n) is 4.81. The third kappa shape index (κ3) is 4.30. The second-order valence-electron chi connectivity index (χ2n) is 6.70. The fraction of sp³-hybridized carbons (Fsp3) is 0.278. The van der Waals surface area contributed by atoms with Gasteiger partial charge in [-0.3, -0.25) is 19.8 Å². The molecule has 0 unspecified atom stereocenters. The van der Waals surface area contributed by atoms with Crippen LogP contribution < -0.4 is 5.73 Å². The molecule has 160 valence electrons. The average molecular weight is 440 g/mol. The van der Waals surface area contributed by atoms with Crippen LogP contribution in [0, 0.1) is 21.7 Å². The molecule has 2 aromatic rings. The standard InChI is InChI=1S/C18H18F2N4O5S/c19-14-2-1-3-15(20)17(14)30(28,29)23-8-6-22(7-9-23)11-13-5-4-12(18(21)25)10-16(13)24(26)27/h1-5,10H,6-9,11H2,(H2,21,25). The Morgan fingerprint density at radius 1 is 1.10 bits per heavy atom. The van der Waals surface area contributed by atoms with Crippen LogP contribution in [0.1, 0.15) is 15.9 Å². The first-order valence-electron chi connectivity index (χ1n) is 8.85. The zero-order valence-electron chi connectivity index (χ0n) is 15.6. The van der Waals surface area contributed by atoms with E-state index < -0.39 is 37.4 Å². The van der Waals surface area contributed by atoms with Gasteiger partial charge in [-0.2, -0.15) is 4.31 Å². The van der Waals surface area contributed by atoms with Crippen molar-refractivity contribution in [3.63, 3.8) is 0 Å². The molecule has 1 aliphatic heterocycles. The average Bonchev–Trinajstić information content (AvgIpc) is 2.68. The monoisotopic (exact) mass is 440 g/mol. The van der Waals surface area contributed by atoms with E-state index in [1.54, 1.807) is 4.90 Å². The van der Waals surface area contributed by atoms with Gasteiger partial charge in [0.1, 0.15) is 11.6 Å². The lowest BCUT2D eigenvalue weighted by molar-refractivity contribution is -0.385. The number of nitrogens with zero attached hydrogens (tertiary/aromatic N) is 3. The number of primary amides is 1. The Balaban J connectivity index is 1.74. The molecular formula is C18H18F2N4O5S. The molecule has 0 aromatic heterocycles. The molecule has 0 bridgehead atoms. The molecule has 0 spiro atoms. The summed E-state index contributed by atoms with van der Waals surface area (Å²) in [7, 11) is -4.36. The quantitative estimate of drug-likeness (QED) is 0.535. The maximum atomic E-state index is 13.9. The predicted molar refractivity (Wildman–Crippen MR) is 102 cm³/mol. The molecule has 3 rings (SSSR count). The number of carbonyl (C=O) groups is 1. The Labute approximate surface area is 170 Å². The number of halogens is 2. The SMILES string of the molecule is NC(=O)c1ccc(CN2CCN(S(=O)(=O)c3c(F)cccc3F)CC2)c([N+](=O)[O-])c1. The van der Waals surface area contributed by atoms with Crippen molar-refractivity contribution in [3.8, 4) is 0 Å². The Morgan fingerprint density at radius 2 is 1.70 bits per heavy atom. The molecule has 1 aliphatic rings. The Bertz CT molecular complexity index is 1080. The van der Waals surface area contributed by atoms with Gasteiger partial charge in [0.2, 0.25) is 15.9 Å². The van der Waals surface area contributed by atoms with Crippen molar-refractivity contribution in [2.75, 3.05) is 26.2 Å². The summed E-state index contributed by atoms with van der Waals surface area (Å²) >= 11 is 0. The lowest BCUT2D eigenvalue weighted by atomic mass is 10.1. The molecule has 1 heterocycles. The molecule has 30 heavy (non-hydrogen) atoms. The fourth-order valence-electron chi connectivity index (χ4n) is 3.25. The van der Waals surface area contributed by atoms with Crippen molar-refractivity contribution in [1.29, 1.82) is 0 Å². The summed E-state index contributed by atoms with van der Waals surface area (Å²) in [5.41, 5.74) is 5.23. The van der Waals surface area contributed by atoms with Crippen LogP contribution in [0.15, 0.2) is 41.3 Å². The van der Waals surface area contributed by atoms with Crippen LogP contribution in [0.2, 0.25) is 0 Å². The van der Waals surface area contributed by atoms with Gasteiger partial charge in [-0.25, -0.2) is 17.2 Å². The van der Waals surface area contributed by atoms with Gasteiger partial charge < -0.3 is 5.73 Å². The van der Waals surface area contributed by atoms with Crippen molar-refractivity contribution >= 4 is 21.6 Å². The minimum Gasteiger partial charge on any atom is -0.366 e. The molecule has 0 radical (unpaired) electrons. The normalized spacial score (nSPS) is 15.8. The lowest BCUT2D eigenvalue weighted by Gasteiger charge is -2.34. The van der Waals surface area contributed by atoms with E-state index in [1.807, 2.05) is 0 Å². The van der Waals surface area contributed by atoms with Gasteiger partial charge in [0, 0.05) is 49.9 Å². The number of carbonyl (C=O) groups excluding carboxylic acids is 1. The van der Waals surface area contributed by atoms with Gasteiger partial charge in [-0.05, 0) is 18.2 Å². The first-order valence-corrected chi connectivity index (χ1v) is 10.3. The smallest absolute Gasteiger partial charge is 0.274 e. The molecule has 12 heteroatoms. The number of hydrogen-bond donors (Lipinski definition) is 1. The predicted octanol–water partition coefficient (Wildman–Crippen LogP) is 1.48. The van der Waals surface area contributed by atoms with Crippen LogP contribution in [0.25, 0.3) is 0 Å².